The Morgan fingerprint density at radius 2 is 2.06 bits per heavy atom. The van der Waals surface area contributed by atoms with E-state index < -0.39 is 11.4 Å². The van der Waals surface area contributed by atoms with Gasteiger partial charge in [0.25, 0.3) is 0 Å². The van der Waals surface area contributed by atoms with Crippen molar-refractivity contribution in [2.24, 2.45) is 0 Å². The number of ether oxygens (including phenoxy) is 3. The van der Waals surface area contributed by atoms with E-state index in [-0.39, 0.29) is 11.9 Å². The van der Waals surface area contributed by atoms with Gasteiger partial charge < -0.3 is 19.3 Å². The van der Waals surface area contributed by atoms with Crippen LogP contribution in [0.15, 0.2) is 18.2 Å². The van der Waals surface area contributed by atoms with Crippen LogP contribution in [0.1, 0.15) is 26.3 Å². The zero-order valence-corrected chi connectivity index (χ0v) is 10.9. The van der Waals surface area contributed by atoms with Gasteiger partial charge >= 0.3 is 0 Å². The molecular weight excluding hydrogens is 232 g/mol. The van der Waals surface area contributed by atoms with E-state index in [1.807, 2.05) is 26.8 Å². The SMILES string of the molecule is CC1(C)OC[C@@](C)([C@@H]2Cc3ccc(O)cc3O2)O1. The second-order valence-corrected chi connectivity index (χ2v) is 5.71. The topological polar surface area (TPSA) is 47.9 Å². The van der Waals surface area contributed by atoms with Crippen molar-refractivity contribution in [1.82, 2.24) is 0 Å². The fourth-order valence-corrected chi connectivity index (χ4v) is 2.65. The van der Waals surface area contributed by atoms with Crippen LogP contribution in [0.5, 0.6) is 11.5 Å². The van der Waals surface area contributed by atoms with Gasteiger partial charge in [0.2, 0.25) is 0 Å². The van der Waals surface area contributed by atoms with E-state index >= 15 is 0 Å². The summed E-state index contributed by atoms with van der Waals surface area (Å²) in [6.07, 6.45) is 0.710. The van der Waals surface area contributed by atoms with Crippen LogP contribution in [-0.2, 0) is 15.9 Å². The Bertz CT molecular complexity index is 483. The number of phenolic OH excluding ortho intramolecular Hbond substituents is 1. The first-order valence-corrected chi connectivity index (χ1v) is 6.21. The molecule has 2 aliphatic heterocycles. The van der Waals surface area contributed by atoms with Crippen molar-refractivity contribution in [3.63, 3.8) is 0 Å². The Morgan fingerprint density at radius 1 is 1.28 bits per heavy atom. The normalized spacial score (nSPS) is 33.2. The van der Waals surface area contributed by atoms with Crippen molar-refractivity contribution in [3.05, 3.63) is 23.8 Å². The van der Waals surface area contributed by atoms with E-state index in [2.05, 4.69) is 0 Å². The second-order valence-electron chi connectivity index (χ2n) is 5.71. The summed E-state index contributed by atoms with van der Waals surface area (Å²) < 4.78 is 17.5. The summed E-state index contributed by atoms with van der Waals surface area (Å²) in [5.74, 6) is 0.410. The molecule has 0 aromatic heterocycles. The highest BCUT2D eigenvalue weighted by Gasteiger charge is 2.50. The van der Waals surface area contributed by atoms with Gasteiger partial charge in [0.15, 0.2) is 5.79 Å². The second kappa shape index (κ2) is 3.62. The van der Waals surface area contributed by atoms with Crippen LogP contribution in [0, 0.1) is 0 Å². The molecule has 98 valence electrons. The van der Waals surface area contributed by atoms with Gasteiger partial charge in [-0.3, -0.25) is 0 Å². The molecular formula is C14H18O4. The maximum Gasteiger partial charge on any atom is 0.163 e. The molecule has 3 rings (SSSR count). The van der Waals surface area contributed by atoms with Crippen LogP contribution in [0.2, 0.25) is 0 Å². The van der Waals surface area contributed by atoms with Gasteiger partial charge in [0.05, 0.1) is 6.61 Å². The molecule has 1 N–H and O–H groups in total. The highest BCUT2D eigenvalue weighted by atomic mass is 16.8. The molecule has 2 aliphatic rings. The summed E-state index contributed by atoms with van der Waals surface area (Å²) >= 11 is 0. The molecule has 0 bridgehead atoms. The third-order valence-electron chi connectivity index (χ3n) is 3.59. The standard InChI is InChI=1S/C14H18O4/c1-13(2)16-8-14(3,18-13)12-6-9-4-5-10(15)7-11(9)17-12/h4-5,7,12,15H,6,8H2,1-3H3/t12-,14-/m0/s1. The molecule has 1 aromatic carbocycles. The van der Waals surface area contributed by atoms with E-state index in [1.165, 1.54) is 0 Å². The molecule has 1 fully saturated rings. The molecule has 2 atom stereocenters. The van der Waals surface area contributed by atoms with Crippen LogP contribution >= 0.6 is 0 Å². The summed E-state index contributed by atoms with van der Waals surface area (Å²) in [5, 5.41) is 9.46. The first kappa shape index (κ1) is 11.8. The Hall–Kier alpha value is -1.26. The van der Waals surface area contributed by atoms with E-state index in [9.17, 15) is 5.11 Å². The van der Waals surface area contributed by atoms with Gasteiger partial charge in [-0.2, -0.15) is 0 Å². The predicted molar refractivity (Wildman–Crippen MR) is 65.7 cm³/mol. The van der Waals surface area contributed by atoms with E-state index in [0.29, 0.717) is 6.61 Å². The minimum atomic E-state index is -0.560. The van der Waals surface area contributed by atoms with Crippen LogP contribution < -0.4 is 4.74 Å². The van der Waals surface area contributed by atoms with Crippen molar-refractivity contribution in [2.45, 2.75) is 44.7 Å². The fraction of sp³-hybridized carbons (Fsp3) is 0.571. The van der Waals surface area contributed by atoms with Gasteiger partial charge in [-0.1, -0.05) is 6.07 Å². The molecule has 1 saturated heterocycles. The maximum absolute atomic E-state index is 9.46. The van der Waals surface area contributed by atoms with Crippen LogP contribution in [0.25, 0.3) is 0 Å². The molecule has 0 aliphatic carbocycles. The largest absolute Gasteiger partial charge is 0.508 e. The summed E-state index contributed by atoms with van der Waals surface area (Å²) in [4.78, 5) is 0. The monoisotopic (exact) mass is 250 g/mol. The molecule has 4 nitrogen and oxygen atoms in total. The smallest absolute Gasteiger partial charge is 0.163 e. The third-order valence-corrected chi connectivity index (χ3v) is 3.59. The van der Waals surface area contributed by atoms with Crippen LogP contribution in [0.3, 0.4) is 0 Å². The number of hydrogen-bond donors (Lipinski definition) is 1. The molecule has 0 saturated carbocycles. The Kier molecular flexibility index (Phi) is 2.37. The van der Waals surface area contributed by atoms with Crippen LogP contribution in [0.4, 0.5) is 0 Å². The first-order chi connectivity index (χ1) is 8.38. The zero-order valence-electron chi connectivity index (χ0n) is 10.9. The summed E-state index contributed by atoms with van der Waals surface area (Å²) in [6, 6.07) is 5.23. The number of hydrogen-bond acceptors (Lipinski definition) is 4. The van der Waals surface area contributed by atoms with Gasteiger partial charge in [-0.05, 0) is 32.4 Å². The molecule has 4 heteroatoms. The Morgan fingerprint density at radius 3 is 2.72 bits per heavy atom. The third kappa shape index (κ3) is 1.85. The first-order valence-electron chi connectivity index (χ1n) is 6.21. The zero-order chi connectivity index (χ0) is 13.0. The fourth-order valence-electron chi connectivity index (χ4n) is 2.65. The number of phenols is 1. The quantitative estimate of drug-likeness (QED) is 0.830. The molecule has 2 heterocycles. The van der Waals surface area contributed by atoms with E-state index in [0.717, 1.165) is 17.7 Å². The molecule has 0 spiro atoms. The minimum Gasteiger partial charge on any atom is -0.508 e. The lowest BCUT2D eigenvalue weighted by molar-refractivity contribution is -0.173. The number of aromatic hydroxyl groups is 1. The average Bonchev–Trinajstić information content (AvgIpc) is 2.80. The van der Waals surface area contributed by atoms with Gasteiger partial charge in [0.1, 0.15) is 23.2 Å². The lowest BCUT2D eigenvalue weighted by Gasteiger charge is -2.30. The van der Waals surface area contributed by atoms with Gasteiger partial charge in [-0.25, -0.2) is 0 Å². The molecule has 1 aromatic rings. The predicted octanol–water partition coefficient (Wildman–Crippen LogP) is 2.24. The Balaban J connectivity index is 1.82. The highest BCUT2D eigenvalue weighted by molar-refractivity contribution is 5.43. The number of benzene rings is 1. The van der Waals surface area contributed by atoms with Gasteiger partial charge in [0, 0.05) is 12.5 Å². The Labute approximate surface area is 106 Å². The number of rotatable bonds is 1. The van der Waals surface area contributed by atoms with Crippen LogP contribution in [-0.4, -0.2) is 29.2 Å². The van der Waals surface area contributed by atoms with Crippen molar-refractivity contribution < 1.29 is 19.3 Å². The summed E-state index contributed by atoms with van der Waals surface area (Å²) in [5.41, 5.74) is 0.658. The van der Waals surface area contributed by atoms with Gasteiger partial charge in [-0.15, -0.1) is 0 Å². The average molecular weight is 250 g/mol. The van der Waals surface area contributed by atoms with Crippen molar-refractivity contribution in [1.29, 1.82) is 0 Å². The minimum absolute atomic E-state index is 0.0731. The molecule has 0 amide bonds. The van der Waals surface area contributed by atoms with E-state index in [1.54, 1.807) is 12.1 Å². The summed E-state index contributed by atoms with van der Waals surface area (Å²) in [7, 11) is 0. The van der Waals surface area contributed by atoms with E-state index in [4.69, 9.17) is 14.2 Å². The summed E-state index contributed by atoms with van der Waals surface area (Å²) in [6.45, 7) is 6.35. The highest BCUT2D eigenvalue weighted by Crippen LogP contribution is 2.41. The molecule has 0 radical (unpaired) electrons. The maximum atomic E-state index is 9.46. The molecule has 0 unspecified atom stereocenters. The van der Waals surface area contributed by atoms with Crippen molar-refractivity contribution in [3.8, 4) is 11.5 Å². The lowest BCUT2D eigenvalue weighted by atomic mass is 9.96. The lowest BCUT2D eigenvalue weighted by Crippen LogP contribution is -2.45. The molecule has 18 heavy (non-hydrogen) atoms. The van der Waals surface area contributed by atoms with Crippen molar-refractivity contribution >= 4 is 0 Å². The number of fused-ring (bicyclic) bond motifs is 1. The van der Waals surface area contributed by atoms with Crippen molar-refractivity contribution in [2.75, 3.05) is 6.61 Å².